The molecule has 0 amide bonds. The molecule has 6 nitrogen and oxygen atoms in total. The fourth-order valence-corrected chi connectivity index (χ4v) is 3.98. The van der Waals surface area contributed by atoms with Crippen LogP contribution in [0.1, 0.15) is 26.2 Å². The molecule has 2 aliphatic rings. The lowest BCUT2D eigenvalue weighted by atomic mass is 10.1. The Hall–Kier alpha value is -1.31. The number of sulfonamides is 1. The summed E-state index contributed by atoms with van der Waals surface area (Å²) in [5.41, 5.74) is 0. The van der Waals surface area contributed by atoms with Crippen molar-refractivity contribution >= 4 is 10.0 Å². The van der Waals surface area contributed by atoms with Crippen molar-refractivity contribution in [2.75, 3.05) is 19.8 Å². The third kappa shape index (κ3) is 3.37. The molecule has 0 radical (unpaired) electrons. The standard InChI is InChI=1S/C15H21NO5S/c1-11(13-4-2-7-19-13)16-22(17,18)12-5-6-14-15(10-12)21-9-3-8-20-14/h5-6,10-11,13,16H,2-4,7-9H2,1H3/t11-,13-/m1/s1. The van der Waals surface area contributed by atoms with Gasteiger partial charge in [-0.3, -0.25) is 0 Å². The van der Waals surface area contributed by atoms with Gasteiger partial charge in [0, 0.05) is 25.1 Å². The van der Waals surface area contributed by atoms with Crippen LogP contribution in [-0.4, -0.2) is 40.4 Å². The van der Waals surface area contributed by atoms with E-state index in [2.05, 4.69) is 4.72 Å². The number of ether oxygens (including phenoxy) is 3. The van der Waals surface area contributed by atoms with Crippen LogP contribution in [0.4, 0.5) is 0 Å². The molecule has 0 saturated carbocycles. The number of hydrogen-bond acceptors (Lipinski definition) is 5. The minimum Gasteiger partial charge on any atom is -0.490 e. The zero-order chi connectivity index (χ0) is 15.6. The first-order chi connectivity index (χ1) is 10.6. The molecule has 2 atom stereocenters. The van der Waals surface area contributed by atoms with Crippen molar-refractivity contribution < 1.29 is 22.6 Å². The summed E-state index contributed by atoms with van der Waals surface area (Å²) < 4.78 is 44.3. The van der Waals surface area contributed by atoms with E-state index in [1.165, 1.54) is 12.1 Å². The fraction of sp³-hybridized carbons (Fsp3) is 0.600. The predicted octanol–water partition coefficient (Wildman–Crippen LogP) is 1.69. The van der Waals surface area contributed by atoms with Gasteiger partial charge in [0.25, 0.3) is 0 Å². The van der Waals surface area contributed by atoms with Crippen LogP contribution < -0.4 is 14.2 Å². The van der Waals surface area contributed by atoms with Crippen molar-refractivity contribution in [2.45, 2.75) is 43.2 Å². The second-order valence-electron chi connectivity index (χ2n) is 5.62. The quantitative estimate of drug-likeness (QED) is 0.911. The molecular weight excluding hydrogens is 306 g/mol. The van der Waals surface area contributed by atoms with Gasteiger partial charge < -0.3 is 14.2 Å². The number of rotatable bonds is 4. The SMILES string of the molecule is C[C@@H](NS(=O)(=O)c1ccc2c(c1)OCCCO2)[C@H]1CCCO1. The topological polar surface area (TPSA) is 73.9 Å². The number of hydrogen-bond donors (Lipinski definition) is 1. The van der Waals surface area contributed by atoms with Crippen molar-refractivity contribution in [3.8, 4) is 11.5 Å². The smallest absolute Gasteiger partial charge is 0.241 e. The Morgan fingerprint density at radius 3 is 2.64 bits per heavy atom. The minimum atomic E-state index is -3.61. The van der Waals surface area contributed by atoms with E-state index in [1.807, 2.05) is 6.92 Å². The zero-order valence-corrected chi connectivity index (χ0v) is 13.4. The van der Waals surface area contributed by atoms with Gasteiger partial charge >= 0.3 is 0 Å². The highest BCUT2D eigenvalue weighted by molar-refractivity contribution is 7.89. The lowest BCUT2D eigenvalue weighted by Gasteiger charge is -2.20. The maximum atomic E-state index is 12.5. The number of nitrogens with one attached hydrogen (secondary N) is 1. The molecule has 22 heavy (non-hydrogen) atoms. The van der Waals surface area contributed by atoms with E-state index in [0.717, 1.165) is 19.3 Å². The molecule has 0 aliphatic carbocycles. The molecule has 1 fully saturated rings. The van der Waals surface area contributed by atoms with Crippen LogP contribution in [-0.2, 0) is 14.8 Å². The van der Waals surface area contributed by atoms with Crippen molar-refractivity contribution in [1.82, 2.24) is 4.72 Å². The first-order valence-electron chi connectivity index (χ1n) is 7.60. The summed E-state index contributed by atoms with van der Waals surface area (Å²) in [7, 11) is -3.61. The summed E-state index contributed by atoms with van der Waals surface area (Å²) in [4.78, 5) is 0.182. The molecule has 0 aromatic heterocycles. The van der Waals surface area contributed by atoms with Crippen molar-refractivity contribution in [3.63, 3.8) is 0 Å². The summed E-state index contributed by atoms with van der Waals surface area (Å²) >= 11 is 0. The van der Waals surface area contributed by atoms with Gasteiger partial charge in [0.2, 0.25) is 10.0 Å². The van der Waals surface area contributed by atoms with Crippen LogP contribution in [0.25, 0.3) is 0 Å². The molecule has 1 aromatic carbocycles. The molecule has 0 spiro atoms. The maximum absolute atomic E-state index is 12.5. The summed E-state index contributed by atoms with van der Waals surface area (Å²) in [5, 5.41) is 0. The minimum absolute atomic E-state index is 0.0600. The monoisotopic (exact) mass is 327 g/mol. The molecule has 2 aliphatic heterocycles. The lowest BCUT2D eigenvalue weighted by Crippen LogP contribution is -2.40. The third-order valence-corrected chi connectivity index (χ3v) is 5.45. The number of benzene rings is 1. The Morgan fingerprint density at radius 1 is 1.14 bits per heavy atom. The first kappa shape index (κ1) is 15.6. The molecule has 1 aromatic rings. The maximum Gasteiger partial charge on any atom is 0.241 e. The van der Waals surface area contributed by atoms with E-state index in [-0.39, 0.29) is 17.0 Å². The Balaban J connectivity index is 1.78. The molecule has 3 rings (SSSR count). The lowest BCUT2D eigenvalue weighted by molar-refractivity contribution is 0.0902. The van der Waals surface area contributed by atoms with Crippen LogP contribution in [0.5, 0.6) is 11.5 Å². The summed E-state index contributed by atoms with van der Waals surface area (Å²) in [6, 6.07) is 4.44. The summed E-state index contributed by atoms with van der Waals surface area (Å²) in [6.45, 7) is 3.63. The van der Waals surface area contributed by atoms with Gasteiger partial charge in [0.05, 0.1) is 24.2 Å². The van der Waals surface area contributed by atoms with E-state index in [9.17, 15) is 8.42 Å². The first-order valence-corrected chi connectivity index (χ1v) is 9.08. The van der Waals surface area contributed by atoms with E-state index >= 15 is 0 Å². The van der Waals surface area contributed by atoms with Crippen molar-refractivity contribution in [3.05, 3.63) is 18.2 Å². The Morgan fingerprint density at radius 2 is 1.91 bits per heavy atom. The van der Waals surface area contributed by atoms with Gasteiger partial charge in [-0.2, -0.15) is 0 Å². The third-order valence-electron chi connectivity index (χ3n) is 3.89. The average Bonchev–Trinajstić information content (AvgIpc) is 2.92. The normalized spacial score (nSPS) is 23.0. The average molecular weight is 327 g/mol. The van der Waals surface area contributed by atoms with Gasteiger partial charge in [-0.05, 0) is 31.9 Å². The second-order valence-corrected chi connectivity index (χ2v) is 7.33. The Kier molecular flexibility index (Phi) is 4.56. The van der Waals surface area contributed by atoms with Crippen LogP contribution in [0.15, 0.2) is 23.1 Å². The van der Waals surface area contributed by atoms with E-state index in [1.54, 1.807) is 6.07 Å². The summed E-state index contributed by atoms with van der Waals surface area (Å²) in [5.74, 6) is 1.06. The highest BCUT2D eigenvalue weighted by Gasteiger charge is 2.27. The summed E-state index contributed by atoms with van der Waals surface area (Å²) in [6.07, 6.45) is 2.58. The van der Waals surface area contributed by atoms with Gasteiger partial charge in [-0.15, -0.1) is 0 Å². The second kappa shape index (κ2) is 6.44. The predicted molar refractivity (Wildman–Crippen MR) is 80.8 cm³/mol. The zero-order valence-electron chi connectivity index (χ0n) is 12.6. The Bertz CT molecular complexity index is 625. The van der Waals surface area contributed by atoms with Crippen LogP contribution >= 0.6 is 0 Å². The fourth-order valence-electron chi connectivity index (χ4n) is 2.70. The van der Waals surface area contributed by atoms with Crippen LogP contribution in [0.3, 0.4) is 0 Å². The van der Waals surface area contributed by atoms with Gasteiger partial charge in [-0.25, -0.2) is 13.1 Å². The van der Waals surface area contributed by atoms with Crippen molar-refractivity contribution in [2.24, 2.45) is 0 Å². The molecule has 1 N–H and O–H groups in total. The molecule has 0 bridgehead atoms. The van der Waals surface area contributed by atoms with Gasteiger partial charge in [0.1, 0.15) is 0 Å². The van der Waals surface area contributed by atoms with Gasteiger partial charge in [0.15, 0.2) is 11.5 Å². The van der Waals surface area contributed by atoms with E-state index < -0.39 is 10.0 Å². The molecule has 122 valence electrons. The molecule has 2 heterocycles. The molecule has 1 saturated heterocycles. The highest BCUT2D eigenvalue weighted by Crippen LogP contribution is 2.32. The van der Waals surface area contributed by atoms with Crippen LogP contribution in [0, 0.1) is 0 Å². The largest absolute Gasteiger partial charge is 0.490 e. The highest BCUT2D eigenvalue weighted by atomic mass is 32.2. The van der Waals surface area contributed by atoms with E-state index in [0.29, 0.717) is 31.3 Å². The van der Waals surface area contributed by atoms with Crippen LogP contribution in [0.2, 0.25) is 0 Å². The Labute approximate surface area is 130 Å². The van der Waals surface area contributed by atoms with Crippen molar-refractivity contribution in [1.29, 1.82) is 0 Å². The molecule has 0 unspecified atom stereocenters. The number of fused-ring (bicyclic) bond motifs is 1. The van der Waals surface area contributed by atoms with Gasteiger partial charge in [-0.1, -0.05) is 0 Å². The molecule has 7 heteroatoms. The van der Waals surface area contributed by atoms with E-state index in [4.69, 9.17) is 14.2 Å². The molecular formula is C15H21NO5S.